The highest BCUT2D eigenvalue weighted by atomic mass is 32.2. The molecule has 144 valence electrons. The zero-order chi connectivity index (χ0) is 19.5. The Labute approximate surface area is 167 Å². The van der Waals surface area contributed by atoms with E-state index in [1.807, 2.05) is 66.2 Å². The Hall–Kier alpha value is -2.80. The highest BCUT2D eigenvalue weighted by molar-refractivity contribution is 7.98. The number of aromatic nitrogens is 2. The molecule has 1 unspecified atom stereocenters. The molecule has 1 saturated heterocycles. The Morgan fingerprint density at radius 2 is 2.07 bits per heavy atom. The quantitative estimate of drug-likeness (QED) is 0.676. The molecule has 3 aromatic rings. The zero-order valence-corrected chi connectivity index (χ0v) is 16.5. The summed E-state index contributed by atoms with van der Waals surface area (Å²) in [5.74, 6) is 0.611. The number of nitrogens with zero attached hydrogens (tertiary/aromatic N) is 3. The number of benzene rings is 1. The number of hydrogen-bond acceptors (Lipinski definition) is 4. The SMILES string of the molecule is CCC1C(=O)NCCN1C(=O)c1ccc(SCc2cn3ccccc3n2)cc1. The average molecular weight is 395 g/mol. The summed E-state index contributed by atoms with van der Waals surface area (Å²) in [4.78, 5) is 32.2. The first kappa shape index (κ1) is 18.6. The molecule has 0 aliphatic carbocycles. The molecule has 4 rings (SSSR count). The largest absolute Gasteiger partial charge is 0.353 e. The number of fused-ring (bicyclic) bond motifs is 1. The fourth-order valence-electron chi connectivity index (χ4n) is 3.44. The van der Waals surface area contributed by atoms with E-state index in [0.29, 0.717) is 25.1 Å². The van der Waals surface area contributed by atoms with Crippen molar-refractivity contribution in [2.45, 2.75) is 30.0 Å². The van der Waals surface area contributed by atoms with Gasteiger partial charge in [-0.25, -0.2) is 4.98 Å². The summed E-state index contributed by atoms with van der Waals surface area (Å²) in [5, 5.41) is 2.83. The molecule has 0 bridgehead atoms. The van der Waals surface area contributed by atoms with Crippen LogP contribution < -0.4 is 5.32 Å². The lowest BCUT2D eigenvalue weighted by Crippen LogP contribution is -2.56. The van der Waals surface area contributed by atoms with Crippen molar-refractivity contribution < 1.29 is 9.59 Å². The van der Waals surface area contributed by atoms with Gasteiger partial charge in [0.1, 0.15) is 11.7 Å². The molecule has 1 aliphatic heterocycles. The molecule has 0 radical (unpaired) electrons. The molecule has 2 amide bonds. The number of nitrogens with one attached hydrogen (secondary N) is 1. The maximum Gasteiger partial charge on any atom is 0.254 e. The van der Waals surface area contributed by atoms with Crippen molar-refractivity contribution in [2.24, 2.45) is 0 Å². The number of amides is 2. The van der Waals surface area contributed by atoms with Gasteiger partial charge >= 0.3 is 0 Å². The fourth-order valence-corrected chi connectivity index (χ4v) is 4.22. The van der Waals surface area contributed by atoms with Crippen LogP contribution in [0.3, 0.4) is 0 Å². The molecular weight excluding hydrogens is 372 g/mol. The fraction of sp³-hybridized carbons (Fsp3) is 0.286. The van der Waals surface area contributed by atoms with Crippen molar-refractivity contribution in [1.82, 2.24) is 19.6 Å². The van der Waals surface area contributed by atoms with Gasteiger partial charge in [-0.3, -0.25) is 9.59 Å². The number of hydrogen-bond donors (Lipinski definition) is 1. The van der Waals surface area contributed by atoms with Gasteiger partial charge in [-0.2, -0.15) is 0 Å². The number of piperazine rings is 1. The van der Waals surface area contributed by atoms with Gasteiger partial charge in [-0.05, 0) is 42.8 Å². The van der Waals surface area contributed by atoms with E-state index >= 15 is 0 Å². The van der Waals surface area contributed by atoms with Crippen molar-refractivity contribution in [3.05, 3.63) is 66.1 Å². The molecule has 1 fully saturated rings. The first-order valence-corrected chi connectivity index (χ1v) is 10.4. The topological polar surface area (TPSA) is 66.7 Å². The van der Waals surface area contributed by atoms with E-state index in [1.165, 1.54) is 0 Å². The second-order valence-electron chi connectivity index (χ2n) is 6.73. The van der Waals surface area contributed by atoms with Crippen molar-refractivity contribution in [3.63, 3.8) is 0 Å². The van der Waals surface area contributed by atoms with Gasteiger partial charge in [0.05, 0.1) is 5.69 Å². The molecule has 6 nitrogen and oxygen atoms in total. The van der Waals surface area contributed by atoms with E-state index in [0.717, 1.165) is 22.0 Å². The Balaban J connectivity index is 1.41. The minimum Gasteiger partial charge on any atom is -0.353 e. The van der Waals surface area contributed by atoms with E-state index in [1.54, 1.807) is 16.7 Å². The van der Waals surface area contributed by atoms with Crippen LogP contribution in [-0.2, 0) is 10.5 Å². The van der Waals surface area contributed by atoms with E-state index in [2.05, 4.69) is 10.3 Å². The summed E-state index contributed by atoms with van der Waals surface area (Å²) < 4.78 is 2.01. The first-order valence-electron chi connectivity index (χ1n) is 9.40. The zero-order valence-electron chi connectivity index (χ0n) is 15.7. The minimum atomic E-state index is -0.384. The van der Waals surface area contributed by atoms with Crippen molar-refractivity contribution in [3.8, 4) is 0 Å². The van der Waals surface area contributed by atoms with Gasteiger partial charge in [0, 0.05) is 41.7 Å². The first-order chi connectivity index (χ1) is 13.7. The molecule has 1 aliphatic rings. The molecule has 28 heavy (non-hydrogen) atoms. The van der Waals surface area contributed by atoms with Gasteiger partial charge in [-0.15, -0.1) is 11.8 Å². The van der Waals surface area contributed by atoms with Gasteiger partial charge in [0.15, 0.2) is 0 Å². The average Bonchev–Trinajstić information content (AvgIpc) is 3.15. The van der Waals surface area contributed by atoms with E-state index in [4.69, 9.17) is 0 Å². The van der Waals surface area contributed by atoms with Crippen molar-refractivity contribution >= 4 is 29.2 Å². The molecule has 1 aromatic carbocycles. The third kappa shape index (κ3) is 3.75. The van der Waals surface area contributed by atoms with Crippen molar-refractivity contribution in [2.75, 3.05) is 13.1 Å². The van der Waals surface area contributed by atoms with Crippen LogP contribution in [0.5, 0.6) is 0 Å². The van der Waals surface area contributed by atoms with Crippen molar-refractivity contribution in [1.29, 1.82) is 0 Å². The van der Waals surface area contributed by atoms with Crippen LogP contribution in [0.4, 0.5) is 0 Å². The Morgan fingerprint density at radius 3 is 2.82 bits per heavy atom. The van der Waals surface area contributed by atoms with Crippen LogP contribution in [0.1, 0.15) is 29.4 Å². The lowest BCUT2D eigenvalue weighted by Gasteiger charge is -2.34. The number of carbonyl (C=O) groups is 2. The highest BCUT2D eigenvalue weighted by Crippen LogP contribution is 2.24. The normalized spacial score (nSPS) is 17.0. The number of thioether (sulfide) groups is 1. The second-order valence-corrected chi connectivity index (χ2v) is 7.77. The summed E-state index contributed by atoms with van der Waals surface area (Å²) in [6.45, 7) is 2.98. The summed E-state index contributed by atoms with van der Waals surface area (Å²) in [5.41, 5.74) is 2.57. The highest BCUT2D eigenvalue weighted by Gasteiger charge is 2.31. The smallest absolute Gasteiger partial charge is 0.254 e. The molecule has 1 atom stereocenters. The number of imidazole rings is 1. The molecule has 2 aromatic heterocycles. The monoisotopic (exact) mass is 394 g/mol. The van der Waals surface area contributed by atoms with Gasteiger partial charge in [0.25, 0.3) is 5.91 Å². The summed E-state index contributed by atoms with van der Waals surface area (Å²) >= 11 is 1.69. The molecule has 0 saturated carbocycles. The van der Waals surface area contributed by atoms with E-state index in [9.17, 15) is 9.59 Å². The van der Waals surface area contributed by atoms with Crippen LogP contribution in [-0.4, -0.2) is 45.2 Å². The third-order valence-corrected chi connectivity index (χ3v) is 5.93. The van der Waals surface area contributed by atoms with E-state index in [-0.39, 0.29) is 17.9 Å². The second kappa shape index (κ2) is 8.06. The molecule has 7 heteroatoms. The maximum atomic E-state index is 12.8. The predicted octanol–water partition coefficient (Wildman–Crippen LogP) is 2.98. The molecule has 0 spiro atoms. The maximum absolute atomic E-state index is 12.8. The van der Waals surface area contributed by atoms with E-state index < -0.39 is 0 Å². The van der Waals surface area contributed by atoms with Crippen LogP contribution in [0.25, 0.3) is 5.65 Å². The summed E-state index contributed by atoms with van der Waals surface area (Å²) in [7, 11) is 0. The Bertz CT molecular complexity index is 966. The Kier molecular flexibility index (Phi) is 5.34. The number of carbonyl (C=O) groups excluding carboxylic acids is 2. The van der Waals surface area contributed by atoms with Gasteiger partial charge in [-0.1, -0.05) is 13.0 Å². The van der Waals surface area contributed by atoms with Crippen LogP contribution in [0, 0.1) is 0 Å². The molecule has 3 heterocycles. The molecule has 1 N–H and O–H groups in total. The summed E-state index contributed by atoms with van der Waals surface area (Å²) in [6.07, 6.45) is 4.64. The number of pyridine rings is 1. The third-order valence-electron chi connectivity index (χ3n) is 4.88. The lowest BCUT2D eigenvalue weighted by molar-refractivity contribution is -0.127. The number of rotatable bonds is 5. The lowest BCUT2D eigenvalue weighted by atomic mass is 10.1. The predicted molar refractivity (Wildman–Crippen MR) is 109 cm³/mol. The van der Waals surface area contributed by atoms with Crippen LogP contribution in [0.2, 0.25) is 0 Å². The van der Waals surface area contributed by atoms with Crippen LogP contribution in [0.15, 0.2) is 59.8 Å². The Morgan fingerprint density at radius 1 is 1.25 bits per heavy atom. The molecular formula is C21H22N4O2S. The minimum absolute atomic E-state index is 0.0678. The van der Waals surface area contributed by atoms with Gasteiger partial charge < -0.3 is 14.6 Å². The standard InChI is InChI=1S/C21H22N4O2S/c1-2-18-20(26)22-10-12-25(18)21(27)15-6-8-17(9-7-15)28-14-16-13-24-11-4-3-5-19(24)23-16/h3-9,11,13,18H,2,10,12,14H2,1H3,(H,22,26). The summed E-state index contributed by atoms with van der Waals surface area (Å²) in [6, 6.07) is 13.2. The van der Waals surface area contributed by atoms with Crippen LogP contribution >= 0.6 is 11.8 Å². The van der Waals surface area contributed by atoms with Gasteiger partial charge in [0.2, 0.25) is 5.91 Å².